The van der Waals surface area contributed by atoms with Crippen molar-refractivity contribution >= 4 is 39.1 Å². The zero-order chi connectivity index (χ0) is 14.0. The molecule has 0 saturated carbocycles. The molecule has 2 rings (SSSR count). The number of primary amides is 1. The van der Waals surface area contributed by atoms with Gasteiger partial charge in [0.15, 0.2) is 0 Å². The summed E-state index contributed by atoms with van der Waals surface area (Å²) < 4.78 is 0.985. The number of fused-ring (bicyclic) bond motifs is 1. The van der Waals surface area contributed by atoms with Crippen molar-refractivity contribution in [1.82, 2.24) is 4.98 Å². The van der Waals surface area contributed by atoms with Gasteiger partial charge in [-0.3, -0.25) is 9.59 Å². The third-order valence-corrected chi connectivity index (χ3v) is 3.45. The average molecular weight is 278 g/mol. The van der Waals surface area contributed by atoms with Crippen molar-refractivity contribution in [3.05, 3.63) is 23.2 Å². The number of rotatable bonds is 4. The van der Waals surface area contributed by atoms with Gasteiger partial charge in [-0.15, -0.1) is 11.3 Å². The van der Waals surface area contributed by atoms with Gasteiger partial charge in [0.2, 0.25) is 11.8 Å². The van der Waals surface area contributed by atoms with Gasteiger partial charge in [0, 0.05) is 5.69 Å². The Morgan fingerprint density at radius 1 is 1.47 bits per heavy atom. The Labute approximate surface area is 113 Å². The van der Waals surface area contributed by atoms with Gasteiger partial charge in [0.05, 0.1) is 27.7 Å². The molecule has 2 amide bonds. The fourth-order valence-corrected chi connectivity index (χ4v) is 2.53. The fraction of sp³-hybridized carbons (Fsp3) is 0.250. The second kappa shape index (κ2) is 5.33. The number of benzene rings is 1. The highest BCUT2D eigenvalue weighted by Gasteiger charge is 2.16. The summed E-state index contributed by atoms with van der Waals surface area (Å²) >= 11 is 1.54. The number of aromatic nitrogens is 1. The number of anilines is 1. The Balaban J connectivity index is 2.12. The second-order valence-corrected chi connectivity index (χ2v) is 5.42. The van der Waals surface area contributed by atoms with Crippen molar-refractivity contribution in [2.24, 2.45) is 11.5 Å². The number of amides is 2. The first-order chi connectivity index (χ1) is 8.95. The van der Waals surface area contributed by atoms with Crippen LogP contribution in [0.25, 0.3) is 10.2 Å². The Morgan fingerprint density at radius 3 is 2.89 bits per heavy atom. The molecule has 100 valence electrons. The molecule has 0 bridgehead atoms. The van der Waals surface area contributed by atoms with E-state index in [2.05, 4.69) is 10.3 Å². The quantitative estimate of drug-likeness (QED) is 0.766. The summed E-state index contributed by atoms with van der Waals surface area (Å²) in [4.78, 5) is 26.8. The Morgan fingerprint density at radius 2 is 2.21 bits per heavy atom. The van der Waals surface area contributed by atoms with Crippen LogP contribution in [0.2, 0.25) is 0 Å². The van der Waals surface area contributed by atoms with Crippen molar-refractivity contribution in [3.63, 3.8) is 0 Å². The van der Waals surface area contributed by atoms with Gasteiger partial charge >= 0.3 is 0 Å². The first-order valence-corrected chi connectivity index (χ1v) is 6.49. The maximum Gasteiger partial charge on any atom is 0.241 e. The van der Waals surface area contributed by atoms with E-state index in [1.54, 1.807) is 17.4 Å². The van der Waals surface area contributed by atoms with Gasteiger partial charge in [-0.05, 0) is 25.1 Å². The number of hydrogen-bond donors (Lipinski definition) is 3. The predicted molar refractivity (Wildman–Crippen MR) is 74.8 cm³/mol. The van der Waals surface area contributed by atoms with Crippen LogP contribution in [-0.4, -0.2) is 22.8 Å². The van der Waals surface area contributed by atoms with Crippen molar-refractivity contribution < 1.29 is 9.59 Å². The number of carbonyl (C=O) groups excluding carboxylic acids is 2. The Hall–Kier alpha value is -1.99. The SMILES string of the molecule is Cc1nc2ccc(NC(=O)[C@@H](N)CC(N)=O)cc2s1. The lowest BCUT2D eigenvalue weighted by Crippen LogP contribution is -2.38. The molecule has 0 aliphatic rings. The molecule has 5 N–H and O–H groups in total. The first-order valence-electron chi connectivity index (χ1n) is 5.67. The van der Waals surface area contributed by atoms with Gasteiger partial charge in [-0.2, -0.15) is 0 Å². The van der Waals surface area contributed by atoms with Crippen LogP contribution in [-0.2, 0) is 9.59 Å². The summed E-state index contributed by atoms with van der Waals surface area (Å²) in [5.74, 6) is -1.03. The van der Waals surface area contributed by atoms with E-state index in [0.29, 0.717) is 5.69 Å². The van der Waals surface area contributed by atoms with Gasteiger partial charge in [-0.25, -0.2) is 4.98 Å². The number of carbonyl (C=O) groups is 2. The normalized spacial score (nSPS) is 12.3. The van der Waals surface area contributed by atoms with Gasteiger partial charge < -0.3 is 16.8 Å². The monoisotopic (exact) mass is 278 g/mol. The number of nitrogens with two attached hydrogens (primary N) is 2. The molecule has 0 aliphatic heterocycles. The molecule has 2 aromatic rings. The minimum Gasteiger partial charge on any atom is -0.370 e. The minimum atomic E-state index is -0.934. The zero-order valence-electron chi connectivity index (χ0n) is 10.3. The lowest BCUT2D eigenvalue weighted by molar-refractivity contribution is -0.123. The molecule has 0 unspecified atom stereocenters. The van der Waals surface area contributed by atoms with Crippen LogP contribution in [0.4, 0.5) is 5.69 Å². The van der Waals surface area contributed by atoms with Crippen molar-refractivity contribution in [1.29, 1.82) is 0 Å². The molecule has 0 fully saturated rings. The van der Waals surface area contributed by atoms with Crippen molar-refractivity contribution in [2.75, 3.05) is 5.32 Å². The third-order valence-electron chi connectivity index (χ3n) is 2.52. The van der Waals surface area contributed by atoms with E-state index in [9.17, 15) is 9.59 Å². The summed E-state index contributed by atoms with van der Waals surface area (Å²) in [7, 11) is 0. The van der Waals surface area contributed by atoms with Crippen LogP contribution in [0.3, 0.4) is 0 Å². The molecule has 1 atom stereocenters. The van der Waals surface area contributed by atoms with Crippen LogP contribution in [0.1, 0.15) is 11.4 Å². The van der Waals surface area contributed by atoms with Gasteiger partial charge in [0.25, 0.3) is 0 Å². The molecular weight excluding hydrogens is 264 g/mol. The highest BCUT2D eigenvalue weighted by Crippen LogP contribution is 2.24. The number of nitrogens with one attached hydrogen (secondary N) is 1. The van der Waals surface area contributed by atoms with Crippen LogP contribution in [0, 0.1) is 6.92 Å². The van der Waals surface area contributed by atoms with E-state index in [0.717, 1.165) is 15.2 Å². The molecule has 1 heterocycles. The van der Waals surface area contributed by atoms with E-state index in [1.807, 2.05) is 19.1 Å². The van der Waals surface area contributed by atoms with E-state index in [1.165, 1.54) is 0 Å². The molecule has 7 heteroatoms. The standard InChI is InChI=1S/C12H14N4O2S/c1-6-15-9-3-2-7(4-10(9)19-6)16-12(18)8(13)5-11(14)17/h2-4,8H,5,13H2,1H3,(H2,14,17)(H,16,18)/t8-/m0/s1. The van der Waals surface area contributed by atoms with Crippen molar-refractivity contribution in [3.8, 4) is 0 Å². The predicted octanol–water partition coefficient (Wildman–Crippen LogP) is 0.746. The molecule has 0 radical (unpaired) electrons. The van der Waals surface area contributed by atoms with Crippen molar-refractivity contribution in [2.45, 2.75) is 19.4 Å². The zero-order valence-corrected chi connectivity index (χ0v) is 11.2. The van der Waals surface area contributed by atoms with Crippen LogP contribution in [0.15, 0.2) is 18.2 Å². The lowest BCUT2D eigenvalue weighted by atomic mass is 10.2. The Kier molecular flexibility index (Phi) is 3.77. The summed E-state index contributed by atoms with van der Waals surface area (Å²) in [5.41, 5.74) is 12.1. The number of nitrogens with zero attached hydrogens (tertiary/aromatic N) is 1. The van der Waals surface area contributed by atoms with E-state index in [-0.39, 0.29) is 6.42 Å². The molecule has 1 aromatic heterocycles. The summed E-state index contributed by atoms with van der Waals surface area (Å²) in [6, 6.07) is 4.47. The molecule has 0 aliphatic carbocycles. The molecule has 6 nitrogen and oxygen atoms in total. The van der Waals surface area contributed by atoms with E-state index in [4.69, 9.17) is 11.5 Å². The molecule has 19 heavy (non-hydrogen) atoms. The maximum atomic E-state index is 11.7. The minimum absolute atomic E-state index is 0.173. The second-order valence-electron chi connectivity index (χ2n) is 4.18. The summed E-state index contributed by atoms with van der Waals surface area (Å²) in [6.07, 6.45) is -0.173. The number of aryl methyl sites for hydroxylation is 1. The molecule has 0 saturated heterocycles. The largest absolute Gasteiger partial charge is 0.370 e. The third kappa shape index (κ3) is 3.27. The van der Waals surface area contributed by atoms with Crippen LogP contribution in [0.5, 0.6) is 0 Å². The number of hydrogen-bond acceptors (Lipinski definition) is 5. The molecule has 1 aromatic carbocycles. The maximum absolute atomic E-state index is 11.7. The summed E-state index contributed by atoms with van der Waals surface area (Å²) in [5, 5.41) is 3.62. The topological polar surface area (TPSA) is 111 Å². The van der Waals surface area contributed by atoms with E-state index >= 15 is 0 Å². The Bertz CT molecular complexity index is 638. The number of thiazole rings is 1. The first kappa shape index (κ1) is 13.4. The van der Waals surface area contributed by atoms with Gasteiger partial charge in [0.1, 0.15) is 0 Å². The fourth-order valence-electron chi connectivity index (χ4n) is 1.66. The van der Waals surface area contributed by atoms with E-state index < -0.39 is 17.9 Å². The highest BCUT2D eigenvalue weighted by atomic mass is 32.1. The lowest BCUT2D eigenvalue weighted by Gasteiger charge is -2.10. The average Bonchev–Trinajstić information content (AvgIpc) is 2.67. The van der Waals surface area contributed by atoms with Gasteiger partial charge in [-0.1, -0.05) is 0 Å². The molecular formula is C12H14N4O2S. The molecule has 0 spiro atoms. The van der Waals surface area contributed by atoms with Crippen LogP contribution < -0.4 is 16.8 Å². The smallest absolute Gasteiger partial charge is 0.241 e. The highest BCUT2D eigenvalue weighted by molar-refractivity contribution is 7.18. The van der Waals surface area contributed by atoms with Crippen LogP contribution >= 0.6 is 11.3 Å². The summed E-state index contributed by atoms with van der Waals surface area (Å²) in [6.45, 7) is 1.92.